The second-order valence-corrected chi connectivity index (χ2v) is 7.79. The molecule has 146 valence electrons. The highest BCUT2D eigenvalue weighted by atomic mass is 32.2. The molecule has 0 bridgehead atoms. The van der Waals surface area contributed by atoms with E-state index in [2.05, 4.69) is 4.90 Å². The number of nitro benzene ring substituents is 1. The largest absolute Gasteiger partial charge is 0.494 e. The SMILES string of the molecule is CC(c1ccc(S(N)(=O)=O)cc1)N(C)CCCOc1ccc([N+](=O)[O-])cc1. The quantitative estimate of drug-likeness (QED) is 0.398. The van der Waals surface area contributed by atoms with E-state index >= 15 is 0 Å². The van der Waals surface area contributed by atoms with Crippen molar-refractivity contribution in [1.82, 2.24) is 4.90 Å². The molecular formula is C18H23N3O5S. The lowest BCUT2D eigenvalue weighted by Crippen LogP contribution is -2.25. The minimum Gasteiger partial charge on any atom is -0.494 e. The Morgan fingerprint density at radius 1 is 1.15 bits per heavy atom. The average Bonchev–Trinajstić information content (AvgIpc) is 2.64. The topological polar surface area (TPSA) is 116 Å². The molecule has 2 rings (SSSR count). The number of benzene rings is 2. The Labute approximate surface area is 158 Å². The fourth-order valence-electron chi connectivity index (χ4n) is 2.55. The van der Waals surface area contributed by atoms with Gasteiger partial charge in [-0.05, 0) is 50.2 Å². The van der Waals surface area contributed by atoms with E-state index in [1.54, 1.807) is 24.3 Å². The second kappa shape index (κ2) is 8.94. The van der Waals surface area contributed by atoms with Gasteiger partial charge in [-0.2, -0.15) is 0 Å². The van der Waals surface area contributed by atoms with Crippen molar-refractivity contribution in [3.05, 3.63) is 64.2 Å². The Bertz CT molecular complexity index is 867. The van der Waals surface area contributed by atoms with E-state index in [-0.39, 0.29) is 16.6 Å². The summed E-state index contributed by atoms with van der Waals surface area (Å²) in [4.78, 5) is 12.4. The minimum absolute atomic E-state index is 0.0318. The lowest BCUT2D eigenvalue weighted by molar-refractivity contribution is -0.384. The zero-order chi connectivity index (χ0) is 20.0. The molecule has 9 heteroatoms. The molecule has 0 heterocycles. The van der Waals surface area contributed by atoms with Crippen LogP contribution in [0.1, 0.15) is 24.9 Å². The summed E-state index contributed by atoms with van der Waals surface area (Å²) in [7, 11) is -1.71. The normalized spacial score (nSPS) is 12.7. The van der Waals surface area contributed by atoms with E-state index in [0.717, 1.165) is 18.5 Å². The van der Waals surface area contributed by atoms with Crippen molar-refractivity contribution in [3.8, 4) is 5.75 Å². The molecule has 0 saturated carbocycles. The predicted molar refractivity (Wildman–Crippen MR) is 102 cm³/mol. The third-order valence-corrected chi connectivity index (χ3v) is 5.25. The smallest absolute Gasteiger partial charge is 0.269 e. The molecule has 0 radical (unpaired) electrons. The molecule has 0 aromatic heterocycles. The van der Waals surface area contributed by atoms with Crippen molar-refractivity contribution in [3.63, 3.8) is 0 Å². The highest BCUT2D eigenvalue weighted by Crippen LogP contribution is 2.21. The number of hydrogen-bond donors (Lipinski definition) is 1. The fraction of sp³-hybridized carbons (Fsp3) is 0.333. The van der Waals surface area contributed by atoms with Crippen LogP contribution in [-0.2, 0) is 10.0 Å². The van der Waals surface area contributed by atoms with E-state index in [4.69, 9.17) is 9.88 Å². The molecule has 1 unspecified atom stereocenters. The van der Waals surface area contributed by atoms with Gasteiger partial charge >= 0.3 is 0 Å². The molecule has 8 nitrogen and oxygen atoms in total. The molecule has 1 atom stereocenters. The molecule has 0 saturated heterocycles. The van der Waals surface area contributed by atoms with Gasteiger partial charge in [0.2, 0.25) is 10.0 Å². The van der Waals surface area contributed by atoms with Crippen molar-refractivity contribution in [2.24, 2.45) is 5.14 Å². The van der Waals surface area contributed by atoms with Crippen LogP contribution in [-0.4, -0.2) is 38.4 Å². The van der Waals surface area contributed by atoms with Gasteiger partial charge in [-0.1, -0.05) is 12.1 Å². The Morgan fingerprint density at radius 2 is 1.74 bits per heavy atom. The average molecular weight is 393 g/mol. The second-order valence-electron chi connectivity index (χ2n) is 6.22. The predicted octanol–water partition coefficient (Wildman–Crippen LogP) is 2.70. The number of hydrogen-bond acceptors (Lipinski definition) is 6. The summed E-state index contributed by atoms with van der Waals surface area (Å²) in [6.45, 7) is 3.29. The van der Waals surface area contributed by atoms with E-state index in [9.17, 15) is 18.5 Å². The highest BCUT2D eigenvalue weighted by Gasteiger charge is 2.13. The van der Waals surface area contributed by atoms with Crippen LogP contribution < -0.4 is 9.88 Å². The van der Waals surface area contributed by atoms with Crippen molar-refractivity contribution >= 4 is 15.7 Å². The molecule has 0 fully saturated rings. The van der Waals surface area contributed by atoms with E-state index < -0.39 is 14.9 Å². The molecule has 0 aliphatic carbocycles. The molecule has 0 spiro atoms. The van der Waals surface area contributed by atoms with Crippen molar-refractivity contribution in [2.45, 2.75) is 24.3 Å². The van der Waals surface area contributed by atoms with Gasteiger partial charge in [0.25, 0.3) is 5.69 Å². The number of rotatable bonds is 9. The zero-order valence-corrected chi connectivity index (χ0v) is 16.1. The van der Waals surface area contributed by atoms with Gasteiger partial charge in [0.15, 0.2) is 0 Å². The molecule has 27 heavy (non-hydrogen) atoms. The summed E-state index contributed by atoms with van der Waals surface area (Å²) in [5, 5.41) is 15.7. The number of sulfonamides is 1. The fourth-order valence-corrected chi connectivity index (χ4v) is 3.07. The lowest BCUT2D eigenvalue weighted by Gasteiger charge is -2.25. The van der Waals surface area contributed by atoms with Crippen LogP contribution in [0.4, 0.5) is 5.69 Å². The first-order valence-corrected chi connectivity index (χ1v) is 9.93. The summed E-state index contributed by atoms with van der Waals surface area (Å²) in [5.74, 6) is 0.592. The first-order chi connectivity index (χ1) is 12.7. The third kappa shape index (κ3) is 6.02. The van der Waals surface area contributed by atoms with Gasteiger partial charge in [0.1, 0.15) is 5.75 Å². The number of ether oxygens (including phenoxy) is 1. The molecule has 2 aromatic carbocycles. The third-order valence-electron chi connectivity index (χ3n) is 4.32. The summed E-state index contributed by atoms with van der Waals surface area (Å²) in [5.41, 5.74) is 1.02. The van der Waals surface area contributed by atoms with Crippen LogP contribution in [0.15, 0.2) is 53.4 Å². The lowest BCUT2D eigenvalue weighted by atomic mass is 10.1. The van der Waals surface area contributed by atoms with Gasteiger partial charge in [-0.3, -0.25) is 15.0 Å². The van der Waals surface area contributed by atoms with Gasteiger partial charge in [0.05, 0.1) is 16.4 Å². The van der Waals surface area contributed by atoms with Crippen LogP contribution in [0.2, 0.25) is 0 Å². The molecule has 2 N–H and O–H groups in total. The van der Waals surface area contributed by atoms with Crippen LogP contribution in [0.5, 0.6) is 5.75 Å². The van der Waals surface area contributed by atoms with Crippen molar-refractivity contribution < 1.29 is 18.1 Å². The monoisotopic (exact) mass is 393 g/mol. The van der Waals surface area contributed by atoms with Gasteiger partial charge in [0, 0.05) is 24.7 Å². The van der Waals surface area contributed by atoms with Gasteiger partial charge < -0.3 is 4.74 Å². The maximum Gasteiger partial charge on any atom is 0.269 e. The molecule has 0 aliphatic rings. The highest BCUT2D eigenvalue weighted by molar-refractivity contribution is 7.89. The summed E-state index contributed by atoms with van der Waals surface area (Å²) < 4.78 is 28.2. The Kier molecular flexibility index (Phi) is 6.89. The van der Waals surface area contributed by atoms with E-state index in [1.807, 2.05) is 14.0 Å². The zero-order valence-electron chi connectivity index (χ0n) is 15.2. The maximum absolute atomic E-state index is 11.3. The first-order valence-electron chi connectivity index (χ1n) is 8.39. The Balaban J connectivity index is 1.81. The van der Waals surface area contributed by atoms with E-state index in [0.29, 0.717) is 12.4 Å². The number of nitro groups is 1. The number of nitrogens with zero attached hydrogens (tertiary/aromatic N) is 2. The number of nitrogens with two attached hydrogens (primary N) is 1. The summed E-state index contributed by atoms with van der Waals surface area (Å²) in [6, 6.07) is 12.6. The van der Waals surface area contributed by atoms with Gasteiger partial charge in [-0.15, -0.1) is 0 Å². The molecule has 0 aliphatic heterocycles. The minimum atomic E-state index is -3.68. The van der Waals surface area contributed by atoms with E-state index in [1.165, 1.54) is 24.3 Å². The Hall–Kier alpha value is -2.49. The number of primary sulfonamides is 1. The van der Waals surface area contributed by atoms with Crippen LogP contribution in [0, 0.1) is 10.1 Å². The maximum atomic E-state index is 11.3. The van der Waals surface area contributed by atoms with Crippen LogP contribution >= 0.6 is 0 Å². The standard InChI is InChI=1S/C18H23N3O5S/c1-14(15-4-10-18(11-5-15)27(19,24)25)20(2)12-3-13-26-17-8-6-16(7-9-17)21(22)23/h4-11,14H,3,12-13H2,1-2H3,(H2,19,24,25). The summed E-state index contributed by atoms with van der Waals surface area (Å²) in [6.07, 6.45) is 0.771. The molecular weight excluding hydrogens is 370 g/mol. The van der Waals surface area contributed by atoms with Crippen molar-refractivity contribution in [1.29, 1.82) is 0 Å². The molecule has 2 aromatic rings. The van der Waals surface area contributed by atoms with Crippen LogP contribution in [0.3, 0.4) is 0 Å². The van der Waals surface area contributed by atoms with Crippen molar-refractivity contribution in [2.75, 3.05) is 20.2 Å². The molecule has 0 amide bonds. The first kappa shape index (κ1) is 20.8. The number of non-ortho nitro benzene ring substituents is 1. The Morgan fingerprint density at radius 3 is 2.26 bits per heavy atom. The van der Waals surface area contributed by atoms with Gasteiger partial charge in [-0.25, -0.2) is 13.6 Å². The van der Waals surface area contributed by atoms with Crippen LogP contribution in [0.25, 0.3) is 0 Å². The summed E-state index contributed by atoms with van der Waals surface area (Å²) >= 11 is 0.